The highest BCUT2D eigenvalue weighted by atomic mass is 16.5. The van der Waals surface area contributed by atoms with E-state index in [4.69, 9.17) is 19.2 Å². The Bertz CT molecular complexity index is 1070. The molecule has 1 heterocycles. The van der Waals surface area contributed by atoms with Crippen LogP contribution in [-0.4, -0.2) is 23.3 Å². The maximum atomic E-state index is 5.97. The number of aromatic nitrogens is 2. The molecule has 0 saturated carbocycles. The Morgan fingerprint density at radius 2 is 1.45 bits per heavy atom. The first-order valence-electron chi connectivity index (χ1n) is 9.63. The summed E-state index contributed by atoms with van der Waals surface area (Å²) in [5.74, 6) is 3.34. The molecule has 0 radical (unpaired) electrons. The van der Waals surface area contributed by atoms with E-state index in [0.29, 0.717) is 19.8 Å². The van der Waals surface area contributed by atoms with E-state index in [1.807, 2.05) is 66.7 Å². The third-order valence-electron chi connectivity index (χ3n) is 4.77. The van der Waals surface area contributed by atoms with Crippen LogP contribution >= 0.6 is 0 Å². The summed E-state index contributed by atoms with van der Waals surface area (Å²) in [6.45, 7) is 3.68. The van der Waals surface area contributed by atoms with E-state index in [0.717, 1.165) is 34.1 Å². The van der Waals surface area contributed by atoms with Crippen molar-refractivity contribution < 1.29 is 14.2 Å². The average molecular weight is 388 g/mol. The highest BCUT2D eigenvalue weighted by molar-refractivity contribution is 5.75. The highest BCUT2D eigenvalue weighted by Gasteiger charge is 2.11. The van der Waals surface area contributed by atoms with Crippen LogP contribution in [0.25, 0.3) is 11.0 Å². The van der Waals surface area contributed by atoms with Gasteiger partial charge in [-0.15, -0.1) is 0 Å². The Kier molecular flexibility index (Phi) is 5.66. The number of para-hydroxylation sites is 2. The zero-order chi connectivity index (χ0) is 20.1. The van der Waals surface area contributed by atoms with E-state index in [-0.39, 0.29) is 0 Å². The Balaban J connectivity index is 1.47. The molecule has 0 aliphatic carbocycles. The van der Waals surface area contributed by atoms with Gasteiger partial charge in [0.05, 0.1) is 24.7 Å². The van der Waals surface area contributed by atoms with E-state index in [1.54, 1.807) is 7.11 Å². The second-order valence-electron chi connectivity index (χ2n) is 6.79. The van der Waals surface area contributed by atoms with Gasteiger partial charge in [-0.2, -0.15) is 0 Å². The summed E-state index contributed by atoms with van der Waals surface area (Å²) in [6.07, 6.45) is 0. The van der Waals surface area contributed by atoms with Crippen molar-refractivity contribution in [3.63, 3.8) is 0 Å². The molecule has 5 heteroatoms. The molecule has 5 nitrogen and oxygen atoms in total. The Morgan fingerprint density at radius 1 is 0.793 bits per heavy atom. The second-order valence-corrected chi connectivity index (χ2v) is 6.79. The minimum atomic E-state index is 0.403. The minimum Gasteiger partial charge on any atom is -0.497 e. The first kappa shape index (κ1) is 18.9. The normalized spacial score (nSPS) is 10.8. The van der Waals surface area contributed by atoms with Gasteiger partial charge in [0.15, 0.2) is 0 Å². The highest BCUT2D eigenvalue weighted by Crippen LogP contribution is 2.20. The van der Waals surface area contributed by atoms with Gasteiger partial charge in [0, 0.05) is 0 Å². The van der Waals surface area contributed by atoms with Gasteiger partial charge in [0.25, 0.3) is 0 Å². The maximum absolute atomic E-state index is 5.97. The fourth-order valence-electron chi connectivity index (χ4n) is 3.19. The molecule has 1 aromatic heterocycles. The molecule has 0 aliphatic rings. The number of benzene rings is 3. The van der Waals surface area contributed by atoms with Gasteiger partial charge >= 0.3 is 0 Å². The molecule has 3 aromatic carbocycles. The molecule has 0 N–H and O–H groups in total. The van der Waals surface area contributed by atoms with Crippen LogP contribution in [0.4, 0.5) is 0 Å². The van der Waals surface area contributed by atoms with E-state index >= 15 is 0 Å². The van der Waals surface area contributed by atoms with Crippen molar-refractivity contribution in [1.29, 1.82) is 0 Å². The number of methoxy groups -OCH3 is 1. The molecule has 0 atom stereocenters. The van der Waals surface area contributed by atoms with E-state index in [9.17, 15) is 0 Å². The summed E-state index contributed by atoms with van der Waals surface area (Å²) in [5, 5.41) is 0. The van der Waals surface area contributed by atoms with Gasteiger partial charge in [0.2, 0.25) is 0 Å². The lowest BCUT2D eigenvalue weighted by Gasteiger charge is -2.12. The van der Waals surface area contributed by atoms with Gasteiger partial charge in [0.1, 0.15) is 36.3 Å². The fraction of sp³-hybridized carbons (Fsp3) is 0.208. The molecule has 29 heavy (non-hydrogen) atoms. The summed E-state index contributed by atoms with van der Waals surface area (Å²) in [5.41, 5.74) is 3.24. The molecule has 0 aliphatic heterocycles. The molecule has 4 rings (SSSR count). The summed E-state index contributed by atoms with van der Waals surface area (Å²) < 4.78 is 19.2. The van der Waals surface area contributed by atoms with Crippen molar-refractivity contribution in [1.82, 2.24) is 9.55 Å². The SMILES string of the molecule is COc1ccc(OCCn2c(COc3ccc(C)cc3)nc3ccccc32)cc1. The van der Waals surface area contributed by atoms with Crippen molar-refractivity contribution in [3.05, 3.63) is 84.2 Å². The van der Waals surface area contributed by atoms with Crippen LogP contribution < -0.4 is 14.2 Å². The second kappa shape index (κ2) is 8.69. The number of nitrogens with zero attached hydrogens (tertiary/aromatic N) is 2. The number of hydrogen-bond donors (Lipinski definition) is 0. The first-order valence-corrected chi connectivity index (χ1v) is 9.63. The number of rotatable bonds is 8. The van der Waals surface area contributed by atoms with Crippen molar-refractivity contribution in [2.24, 2.45) is 0 Å². The maximum Gasteiger partial charge on any atom is 0.148 e. The standard InChI is InChI=1S/C24H24N2O3/c1-18-7-9-21(10-8-18)29-17-24-25-22-5-3-4-6-23(22)26(24)15-16-28-20-13-11-19(27-2)12-14-20/h3-14H,15-17H2,1-2H3. The quantitative estimate of drug-likeness (QED) is 0.426. The van der Waals surface area contributed by atoms with Crippen LogP contribution in [0.5, 0.6) is 17.2 Å². The molecule has 0 amide bonds. The van der Waals surface area contributed by atoms with Gasteiger partial charge in [-0.25, -0.2) is 4.98 Å². The molecule has 0 unspecified atom stereocenters. The van der Waals surface area contributed by atoms with E-state index < -0.39 is 0 Å². The summed E-state index contributed by atoms with van der Waals surface area (Å²) in [7, 11) is 1.65. The zero-order valence-electron chi connectivity index (χ0n) is 16.7. The third-order valence-corrected chi connectivity index (χ3v) is 4.77. The predicted octanol–water partition coefficient (Wildman–Crippen LogP) is 5.01. The van der Waals surface area contributed by atoms with Crippen molar-refractivity contribution in [2.45, 2.75) is 20.1 Å². The Labute approximate surface area is 170 Å². The number of fused-ring (bicyclic) bond motifs is 1. The summed E-state index contributed by atoms with van der Waals surface area (Å²) in [4.78, 5) is 4.76. The van der Waals surface area contributed by atoms with Crippen LogP contribution in [0.15, 0.2) is 72.8 Å². The van der Waals surface area contributed by atoms with Crippen LogP contribution in [0.2, 0.25) is 0 Å². The molecule has 0 fully saturated rings. The van der Waals surface area contributed by atoms with Crippen LogP contribution in [0.1, 0.15) is 11.4 Å². The average Bonchev–Trinajstić information content (AvgIpc) is 3.11. The van der Waals surface area contributed by atoms with Crippen molar-refractivity contribution >= 4 is 11.0 Å². The number of aryl methyl sites for hydroxylation is 1. The Morgan fingerprint density at radius 3 is 2.21 bits per heavy atom. The lowest BCUT2D eigenvalue weighted by atomic mass is 10.2. The van der Waals surface area contributed by atoms with Crippen molar-refractivity contribution in [2.75, 3.05) is 13.7 Å². The lowest BCUT2D eigenvalue weighted by molar-refractivity contribution is 0.272. The fourth-order valence-corrected chi connectivity index (χ4v) is 3.19. The molecule has 0 saturated heterocycles. The third kappa shape index (κ3) is 4.51. The van der Waals surface area contributed by atoms with Gasteiger partial charge in [-0.05, 0) is 55.5 Å². The molecular formula is C24H24N2O3. The molecule has 0 spiro atoms. The van der Waals surface area contributed by atoms with Gasteiger partial charge in [-0.3, -0.25) is 0 Å². The van der Waals surface area contributed by atoms with Crippen LogP contribution in [-0.2, 0) is 13.2 Å². The Hall–Kier alpha value is -3.47. The number of imidazole rings is 1. The van der Waals surface area contributed by atoms with Gasteiger partial charge < -0.3 is 18.8 Å². The zero-order valence-corrected chi connectivity index (χ0v) is 16.7. The molecule has 4 aromatic rings. The van der Waals surface area contributed by atoms with E-state index in [1.165, 1.54) is 5.56 Å². The summed E-state index contributed by atoms with van der Waals surface area (Å²) in [6, 6.07) is 23.8. The monoisotopic (exact) mass is 388 g/mol. The smallest absolute Gasteiger partial charge is 0.148 e. The van der Waals surface area contributed by atoms with Crippen molar-refractivity contribution in [3.8, 4) is 17.2 Å². The molecule has 148 valence electrons. The van der Waals surface area contributed by atoms with Gasteiger partial charge in [-0.1, -0.05) is 29.8 Å². The van der Waals surface area contributed by atoms with E-state index in [2.05, 4.69) is 17.6 Å². The molecular weight excluding hydrogens is 364 g/mol. The topological polar surface area (TPSA) is 45.5 Å². The first-order chi connectivity index (χ1) is 14.2. The van der Waals surface area contributed by atoms with Crippen LogP contribution in [0.3, 0.4) is 0 Å². The number of hydrogen-bond acceptors (Lipinski definition) is 4. The predicted molar refractivity (Wildman–Crippen MR) is 114 cm³/mol. The molecule has 0 bridgehead atoms. The largest absolute Gasteiger partial charge is 0.497 e. The summed E-state index contributed by atoms with van der Waals surface area (Å²) >= 11 is 0. The lowest BCUT2D eigenvalue weighted by Crippen LogP contribution is -2.13. The number of ether oxygens (including phenoxy) is 3. The van der Waals surface area contributed by atoms with Crippen LogP contribution in [0, 0.1) is 6.92 Å². The minimum absolute atomic E-state index is 0.403.